The number of nitrogens with two attached hydrogens (primary N) is 1. The van der Waals surface area contributed by atoms with E-state index in [1.54, 1.807) is 11.3 Å². The average molecular weight is 230 g/mol. The number of aromatic nitrogens is 1. The van der Waals surface area contributed by atoms with Gasteiger partial charge in [0.2, 0.25) is 0 Å². The van der Waals surface area contributed by atoms with Crippen molar-refractivity contribution in [2.45, 2.75) is 39.0 Å². The van der Waals surface area contributed by atoms with E-state index in [4.69, 9.17) is 5.73 Å². The van der Waals surface area contributed by atoms with E-state index in [2.05, 4.69) is 18.8 Å². The maximum absolute atomic E-state index is 5.66. The molecule has 0 aromatic carbocycles. The fourth-order valence-corrected chi connectivity index (χ4v) is 3.23. The number of aryl methyl sites for hydroxylation is 1. The second kappa shape index (κ2) is 6.43. The van der Waals surface area contributed by atoms with Gasteiger partial charge in [-0.25, -0.2) is 4.98 Å². The second-order valence-electron chi connectivity index (χ2n) is 3.09. The quantitative estimate of drug-likeness (QED) is 0.764. The monoisotopic (exact) mass is 230 g/mol. The second-order valence-corrected chi connectivity index (χ2v) is 5.36. The summed E-state index contributed by atoms with van der Waals surface area (Å²) in [4.78, 5) is 5.85. The summed E-state index contributed by atoms with van der Waals surface area (Å²) in [6, 6.07) is 0. The first-order chi connectivity index (χ1) is 6.81. The van der Waals surface area contributed by atoms with Crippen LogP contribution in [0, 0.1) is 0 Å². The predicted molar refractivity (Wildman–Crippen MR) is 65.8 cm³/mol. The van der Waals surface area contributed by atoms with E-state index in [-0.39, 0.29) is 0 Å². The predicted octanol–water partition coefficient (Wildman–Crippen LogP) is 2.81. The number of nitrogens with zero attached hydrogens (tertiary/aromatic N) is 1. The minimum atomic E-state index is 0.638. The van der Waals surface area contributed by atoms with Gasteiger partial charge in [-0.2, -0.15) is 11.8 Å². The Balaban J connectivity index is 2.55. The van der Waals surface area contributed by atoms with Gasteiger partial charge in [0.05, 0.1) is 5.69 Å². The van der Waals surface area contributed by atoms with Crippen LogP contribution in [0.5, 0.6) is 0 Å². The minimum absolute atomic E-state index is 0.638. The molecule has 1 rings (SSSR count). The zero-order valence-corrected chi connectivity index (χ0v) is 10.5. The number of thiazole rings is 1. The summed E-state index contributed by atoms with van der Waals surface area (Å²) in [7, 11) is 0. The highest BCUT2D eigenvalue weighted by atomic mass is 32.2. The van der Waals surface area contributed by atoms with Gasteiger partial charge >= 0.3 is 0 Å². The fourth-order valence-electron chi connectivity index (χ4n) is 1.24. The highest BCUT2D eigenvalue weighted by Crippen LogP contribution is 2.22. The molecule has 4 heteroatoms. The molecule has 0 aliphatic carbocycles. The van der Waals surface area contributed by atoms with Crippen molar-refractivity contribution >= 4 is 23.1 Å². The Morgan fingerprint density at radius 1 is 1.43 bits per heavy atom. The SMILES string of the molecule is CCCSCc1nc(CC)c(CN)s1. The third-order valence-corrected chi connectivity index (χ3v) is 4.39. The molecule has 0 radical (unpaired) electrons. The van der Waals surface area contributed by atoms with Gasteiger partial charge in [-0.3, -0.25) is 0 Å². The molecule has 0 amide bonds. The van der Waals surface area contributed by atoms with Gasteiger partial charge in [0.25, 0.3) is 0 Å². The highest BCUT2D eigenvalue weighted by Gasteiger charge is 2.07. The largest absolute Gasteiger partial charge is 0.326 e. The summed E-state index contributed by atoms with van der Waals surface area (Å²) in [5.74, 6) is 2.27. The lowest BCUT2D eigenvalue weighted by Gasteiger charge is -1.93. The average Bonchev–Trinajstić information content (AvgIpc) is 2.61. The Bertz CT molecular complexity index is 250. The Labute approximate surface area is 94.3 Å². The van der Waals surface area contributed by atoms with Crippen LogP contribution in [0.4, 0.5) is 0 Å². The normalized spacial score (nSPS) is 10.8. The Hall–Kier alpha value is -0.0600. The molecule has 2 N–H and O–H groups in total. The van der Waals surface area contributed by atoms with Crippen LogP contribution in [0.25, 0.3) is 0 Å². The molecule has 0 saturated heterocycles. The first-order valence-electron chi connectivity index (χ1n) is 5.07. The molecule has 1 aromatic rings. The number of thioether (sulfide) groups is 1. The summed E-state index contributed by atoms with van der Waals surface area (Å²) in [5, 5.41) is 1.24. The standard InChI is InChI=1S/C10H18N2S2/c1-3-5-13-7-10-12-8(4-2)9(6-11)14-10/h3-7,11H2,1-2H3. The molecule has 0 saturated carbocycles. The van der Waals surface area contributed by atoms with E-state index in [0.717, 1.165) is 12.2 Å². The molecule has 1 heterocycles. The highest BCUT2D eigenvalue weighted by molar-refractivity contribution is 7.98. The van der Waals surface area contributed by atoms with Crippen LogP contribution in [0.2, 0.25) is 0 Å². The Morgan fingerprint density at radius 3 is 2.71 bits per heavy atom. The third kappa shape index (κ3) is 3.26. The molecule has 0 aliphatic rings. The van der Waals surface area contributed by atoms with Crippen molar-refractivity contribution in [2.75, 3.05) is 5.75 Å². The van der Waals surface area contributed by atoms with Crippen molar-refractivity contribution in [3.8, 4) is 0 Å². The number of hydrogen-bond acceptors (Lipinski definition) is 4. The molecule has 2 nitrogen and oxygen atoms in total. The Morgan fingerprint density at radius 2 is 2.21 bits per heavy atom. The smallest absolute Gasteiger partial charge is 0.103 e. The minimum Gasteiger partial charge on any atom is -0.326 e. The summed E-state index contributed by atoms with van der Waals surface area (Å²) < 4.78 is 0. The number of hydrogen-bond donors (Lipinski definition) is 1. The molecular weight excluding hydrogens is 212 g/mol. The topological polar surface area (TPSA) is 38.9 Å². The molecule has 0 fully saturated rings. The van der Waals surface area contributed by atoms with E-state index >= 15 is 0 Å². The summed E-state index contributed by atoms with van der Waals surface area (Å²) >= 11 is 3.73. The molecule has 0 aliphatic heterocycles. The first-order valence-corrected chi connectivity index (χ1v) is 7.04. The Kier molecular flexibility index (Phi) is 5.52. The molecule has 0 spiro atoms. The fraction of sp³-hybridized carbons (Fsp3) is 0.700. The molecule has 80 valence electrons. The van der Waals surface area contributed by atoms with Crippen LogP contribution in [-0.2, 0) is 18.7 Å². The summed E-state index contributed by atoms with van der Waals surface area (Å²) in [5.41, 5.74) is 6.86. The maximum Gasteiger partial charge on any atom is 0.103 e. The van der Waals surface area contributed by atoms with E-state index in [9.17, 15) is 0 Å². The lowest BCUT2D eigenvalue weighted by Crippen LogP contribution is -1.96. The molecule has 0 unspecified atom stereocenters. The van der Waals surface area contributed by atoms with Gasteiger partial charge in [-0.15, -0.1) is 11.3 Å². The third-order valence-electron chi connectivity index (χ3n) is 1.92. The van der Waals surface area contributed by atoms with Crippen LogP contribution in [-0.4, -0.2) is 10.7 Å². The molecule has 0 atom stereocenters. The maximum atomic E-state index is 5.66. The first kappa shape index (κ1) is 12.0. The van der Waals surface area contributed by atoms with Crippen LogP contribution in [0.15, 0.2) is 0 Å². The molecule has 1 aromatic heterocycles. The molecule has 14 heavy (non-hydrogen) atoms. The summed E-state index contributed by atoms with van der Waals surface area (Å²) in [6.07, 6.45) is 2.24. The van der Waals surface area contributed by atoms with Gasteiger partial charge < -0.3 is 5.73 Å². The number of rotatable bonds is 6. The van der Waals surface area contributed by atoms with Gasteiger partial charge in [0.1, 0.15) is 5.01 Å². The van der Waals surface area contributed by atoms with Crippen LogP contribution in [0.3, 0.4) is 0 Å². The lowest BCUT2D eigenvalue weighted by molar-refractivity contribution is 0.977. The molecule has 0 bridgehead atoms. The van der Waals surface area contributed by atoms with Crippen molar-refractivity contribution < 1.29 is 0 Å². The van der Waals surface area contributed by atoms with Crippen molar-refractivity contribution in [3.05, 3.63) is 15.6 Å². The van der Waals surface area contributed by atoms with Crippen molar-refractivity contribution in [1.29, 1.82) is 0 Å². The van der Waals surface area contributed by atoms with Crippen molar-refractivity contribution in [2.24, 2.45) is 5.73 Å². The van der Waals surface area contributed by atoms with Crippen LogP contribution in [0.1, 0.15) is 35.8 Å². The van der Waals surface area contributed by atoms with Gasteiger partial charge in [0.15, 0.2) is 0 Å². The zero-order valence-electron chi connectivity index (χ0n) is 8.88. The van der Waals surface area contributed by atoms with E-state index in [0.29, 0.717) is 6.54 Å². The van der Waals surface area contributed by atoms with E-state index in [1.165, 1.54) is 27.8 Å². The van der Waals surface area contributed by atoms with Crippen LogP contribution < -0.4 is 5.73 Å². The van der Waals surface area contributed by atoms with Crippen molar-refractivity contribution in [3.63, 3.8) is 0 Å². The molecular formula is C10H18N2S2. The van der Waals surface area contributed by atoms with Crippen molar-refractivity contribution in [1.82, 2.24) is 4.98 Å². The van der Waals surface area contributed by atoms with Gasteiger partial charge in [-0.05, 0) is 18.6 Å². The zero-order chi connectivity index (χ0) is 10.4. The van der Waals surface area contributed by atoms with Gasteiger partial charge in [0, 0.05) is 17.2 Å². The van der Waals surface area contributed by atoms with E-state index < -0.39 is 0 Å². The van der Waals surface area contributed by atoms with Crippen LogP contribution >= 0.6 is 23.1 Å². The van der Waals surface area contributed by atoms with E-state index in [1.807, 2.05) is 11.8 Å². The summed E-state index contributed by atoms with van der Waals surface area (Å²) in [6.45, 7) is 4.98. The van der Waals surface area contributed by atoms with Gasteiger partial charge in [-0.1, -0.05) is 13.8 Å². The lowest BCUT2D eigenvalue weighted by atomic mass is 10.3.